The molecule has 0 N–H and O–H groups in total. The second-order valence-corrected chi connectivity index (χ2v) is 12.4. The van der Waals surface area contributed by atoms with Gasteiger partial charge in [0.1, 0.15) is 11.2 Å². The molecule has 0 spiro atoms. The summed E-state index contributed by atoms with van der Waals surface area (Å²) < 4.78 is 13.7. The van der Waals surface area contributed by atoms with Crippen molar-refractivity contribution >= 4 is 19.5 Å². The fourth-order valence-corrected chi connectivity index (χ4v) is 9.27. The summed E-state index contributed by atoms with van der Waals surface area (Å²) in [7, 11) is -1.39. The van der Waals surface area contributed by atoms with E-state index in [1.807, 2.05) is 0 Å². The minimum absolute atomic E-state index is 0.347. The Morgan fingerprint density at radius 2 is 0.730 bits per heavy atom. The van der Waals surface area contributed by atoms with Crippen molar-refractivity contribution in [3.05, 3.63) is 144 Å². The lowest BCUT2D eigenvalue weighted by Gasteiger charge is -2.35. The van der Waals surface area contributed by atoms with Crippen LogP contribution < -0.4 is 0 Å². The predicted octanol–water partition coefficient (Wildman–Crippen LogP) is 7.12. The summed E-state index contributed by atoms with van der Waals surface area (Å²) in [6, 6.07) is 45.3. The number of hydrogen-bond acceptors (Lipinski definition) is 2. The summed E-state index contributed by atoms with van der Waals surface area (Å²) in [5, 5.41) is 0. The lowest BCUT2D eigenvalue weighted by molar-refractivity contribution is 0.110. The zero-order valence-electron chi connectivity index (χ0n) is 22.3. The number of rotatable bonds is 14. The molecule has 0 heterocycles. The van der Waals surface area contributed by atoms with Crippen molar-refractivity contribution in [2.24, 2.45) is 0 Å². The van der Waals surface area contributed by atoms with E-state index >= 15 is 0 Å². The number of benzene rings is 4. The first-order valence-corrected chi connectivity index (χ1v) is 16.9. The third-order valence-corrected chi connectivity index (χ3v) is 10.4. The van der Waals surface area contributed by atoms with Crippen LogP contribution in [0.5, 0.6) is 0 Å². The normalized spacial score (nSPS) is 12.6. The van der Waals surface area contributed by atoms with E-state index in [2.05, 4.69) is 135 Å². The molecule has 4 aromatic rings. The van der Waals surface area contributed by atoms with Crippen LogP contribution in [0.2, 0.25) is 12.1 Å². The molecule has 0 aliphatic carbocycles. The molecule has 4 heteroatoms. The third kappa shape index (κ3) is 6.39. The first-order chi connectivity index (χ1) is 18.2. The first-order valence-electron chi connectivity index (χ1n) is 13.7. The third-order valence-electron chi connectivity index (χ3n) is 7.44. The summed E-state index contributed by atoms with van der Waals surface area (Å²) in [5.41, 5.74) is 4.33. The molecule has 4 aromatic carbocycles. The van der Waals surface area contributed by atoms with Gasteiger partial charge in [0.2, 0.25) is 0 Å². The van der Waals surface area contributed by atoms with Gasteiger partial charge in [0.05, 0.1) is 0 Å². The molecule has 2 nitrogen and oxygen atoms in total. The fourth-order valence-electron chi connectivity index (χ4n) is 5.39. The van der Waals surface area contributed by atoms with Gasteiger partial charge in [-0.3, -0.25) is 0 Å². The van der Waals surface area contributed by atoms with E-state index in [9.17, 15) is 0 Å². The van der Waals surface area contributed by atoms with Crippen LogP contribution >= 0.6 is 0 Å². The average Bonchev–Trinajstić information content (AvgIpc) is 2.99. The minimum Gasteiger partial charge on any atom is -0.410 e. The highest BCUT2D eigenvalue weighted by molar-refractivity contribution is 6.29. The van der Waals surface area contributed by atoms with Crippen molar-refractivity contribution in [1.82, 2.24) is 0 Å². The molecule has 0 fully saturated rings. The van der Waals surface area contributed by atoms with Gasteiger partial charge in [-0.05, 0) is 47.2 Å². The minimum atomic E-state index is -0.694. The van der Waals surface area contributed by atoms with Gasteiger partial charge in [-0.25, -0.2) is 0 Å². The lowest BCUT2D eigenvalue weighted by atomic mass is 9.84. The molecule has 0 bridgehead atoms. The highest BCUT2D eigenvalue weighted by Gasteiger charge is 2.34. The van der Waals surface area contributed by atoms with Crippen LogP contribution in [-0.4, -0.2) is 19.5 Å². The Labute approximate surface area is 228 Å². The summed E-state index contributed by atoms with van der Waals surface area (Å²) in [6.07, 6.45) is 3.04. The molecule has 37 heavy (non-hydrogen) atoms. The van der Waals surface area contributed by atoms with E-state index in [-0.39, 0.29) is 11.2 Å². The van der Waals surface area contributed by atoms with E-state index in [1.54, 1.807) is 0 Å². The van der Waals surface area contributed by atoms with Gasteiger partial charge >= 0.3 is 0 Å². The maximum atomic E-state index is 6.87. The van der Waals surface area contributed by atoms with Gasteiger partial charge in [-0.1, -0.05) is 142 Å². The molecule has 0 amide bonds. The summed E-state index contributed by atoms with van der Waals surface area (Å²) in [5.74, 6) is 0. The molecule has 0 aliphatic heterocycles. The molecule has 0 saturated carbocycles. The summed E-state index contributed by atoms with van der Waals surface area (Å²) >= 11 is 0. The van der Waals surface area contributed by atoms with Crippen LogP contribution in [0.3, 0.4) is 0 Å². The Morgan fingerprint density at radius 1 is 0.459 bits per heavy atom. The molecule has 0 aromatic heterocycles. The van der Waals surface area contributed by atoms with Crippen LogP contribution in [0.1, 0.15) is 55.4 Å². The highest BCUT2D eigenvalue weighted by atomic mass is 28.2. The molecule has 0 aliphatic rings. The van der Waals surface area contributed by atoms with Gasteiger partial charge in [-0.2, -0.15) is 0 Å². The second kappa shape index (κ2) is 13.7. The van der Waals surface area contributed by atoms with E-state index in [0.717, 1.165) is 12.8 Å². The molecular weight excluding hydrogens is 485 g/mol. The van der Waals surface area contributed by atoms with Crippen molar-refractivity contribution in [3.8, 4) is 0 Å². The van der Waals surface area contributed by atoms with Crippen LogP contribution in [0, 0.1) is 0 Å². The fraction of sp³-hybridized carbons (Fsp3) is 0.273. The van der Waals surface area contributed by atoms with Crippen LogP contribution in [0.25, 0.3) is 0 Å². The molecule has 0 unspecified atom stereocenters. The Hall–Kier alpha value is -2.77. The Bertz CT molecular complexity index is 994. The van der Waals surface area contributed by atoms with Crippen LogP contribution in [-0.2, 0) is 20.1 Å². The van der Waals surface area contributed by atoms with Gasteiger partial charge in [0.25, 0.3) is 0 Å². The quantitative estimate of drug-likeness (QED) is 0.129. The lowest BCUT2D eigenvalue weighted by Crippen LogP contribution is -2.32. The SMILES string of the molecule is CCC(O[SiH2]CCC[SiH2]OC(CC)(c1ccccc1)c1ccccc1)(c1ccccc1)c1ccccc1. The average molecular weight is 525 g/mol. The molecule has 192 valence electrons. The van der Waals surface area contributed by atoms with E-state index in [4.69, 9.17) is 8.85 Å². The van der Waals surface area contributed by atoms with Crippen molar-refractivity contribution in [2.45, 2.75) is 56.4 Å². The number of hydrogen-bond donors (Lipinski definition) is 0. The standard InChI is InChI=1S/C33H40O2Si2/c1-3-32(28-18-9-5-10-19-28,29-20-11-6-12-21-29)34-36-26-17-27-37-35-33(4-2,30-22-13-7-14-23-30)31-24-15-8-16-25-31/h5-16,18-25H,3-4,17,26-27,36-37H2,1-2H3. The van der Waals surface area contributed by atoms with Gasteiger partial charge in [0, 0.05) is 0 Å². The van der Waals surface area contributed by atoms with Gasteiger partial charge < -0.3 is 8.85 Å². The largest absolute Gasteiger partial charge is 0.410 e. The van der Waals surface area contributed by atoms with Crippen molar-refractivity contribution in [1.29, 1.82) is 0 Å². The monoisotopic (exact) mass is 524 g/mol. The van der Waals surface area contributed by atoms with Crippen LogP contribution in [0.15, 0.2) is 121 Å². The molecular formula is C33H40O2Si2. The predicted molar refractivity (Wildman–Crippen MR) is 161 cm³/mol. The topological polar surface area (TPSA) is 18.5 Å². The summed E-state index contributed by atoms with van der Waals surface area (Å²) in [4.78, 5) is 0. The van der Waals surface area contributed by atoms with Crippen molar-refractivity contribution in [2.75, 3.05) is 0 Å². The zero-order chi connectivity index (χ0) is 25.8. The molecule has 4 rings (SSSR count). The smallest absolute Gasteiger partial charge is 0.163 e. The maximum Gasteiger partial charge on any atom is 0.163 e. The van der Waals surface area contributed by atoms with Gasteiger partial charge in [0.15, 0.2) is 19.5 Å². The Kier molecular flexibility index (Phi) is 10.1. The highest BCUT2D eigenvalue weighted by Crippen LogP contribution is 2.38. The first kappa shape index (κ1) is 27.3. The van der Waals surface area contributed by atoms with E-state index in [0.29, 0.717) is 0 Å². The Morgan fingerprint density at radius 3 is 0.973 bits per heavy atom. The molecule has 0 saturated heterocycles. The summed E-state index contributed by atoms with van der Waals surface area (Å²) in [6.45, 7) is 4.49. The van der Waals surface area contributed by atoms with Crippen molar-refractivity contribution in [3.63, 3.8) is 0 Å². The molecule has 0 atom stereocenters. The maximum absolute atomic E-state index is 6.87. The molecule has 0 radical (unpaired) electrons. The zero-order valence-corrected chi connectivity index (χ0v) is 25.1. The second-order valence-electron chi connectivity index (χ2n) is 9.58. The van der Waals surface area contributed by atoms with E-state index in [1.165, 1.54) is 40.8 Å². The van der Waals surface area contributed by atoms with E-state index < -0.39 is 19.5 Å². The van der Waals surface area contributed by atoms with Gasteiger partial charge in [-0.15, -0.1) is 0 Å². The van der Waals surface area contributed by atoms with Crippen LogP contribution in [0.4, 0.5) is 0 Å². The Balaban J connectivity index is 1.37. The van der Waals surface area contributed by atoms with Crippen molar-refractivity contribution < 1.29 is 8.85 Å².